The monoisotopic (exact) mass is 222 g/mol. The molecular weight excluding hydrogens is 208 g/mol. The van der Waals surface area contributed by atoms with Crippen LogP contribution in [-0.2, 0) is 4.84 Å². The van der Waals surface area contributed by atoms with E-state index >= 15 is 0 Å². The van der Waals surface area contributed by atoms with Gasteiger partial charge in [-0.25, -0.2) is 4.98 Å². The largest absolute Gasteiger partial charge is 0.363 e. The van der Waals surface area contributed by atoms with Crippen LogP contribution in [-0.4, -0.2) is 31.8 Å². The lowest BCUT2D eigenvalue weighted by Gasteiger charge is -2.32. The van der Waals surface area contributed by atoms with Gasteiger partial charge >= 0.3 is 0 Å². The highest BCUT2D eigenvalue weighted by atomic mass is 16.7. The van der Waals surface area contributed by atoms with Gasteiger partial charge in [0, 0.05) is 18.3 Å². The van der Waals surface area contributed by atoms with Crippen molar-refractivity contribution in [3.05, 3.63) is 24.3 Å². The van der Waals surface area contributed by atoms with Crippen molar-refractivity contribution in [2.75, 3.05) is 0 Å². The van der Waals surface area contributed by atoms with Gasteiger partial charge in [-0.05, 0) is 6.92 Å². The van der Waals surface area contributed by atoms with Crippen molar-refractivity contribution in [3.8, 4) is 0 Å². The van der Waals surface area contributed by atoms with Crippen molar-refractivity contribution < 1.29 is 10.0 Å². The van der Waals surface area contributed by atoms with Gasteiger partial charge in [-0.1, -0.05) is 19.0 Å². The first kappa shape index (κ1) is 10.8. The molecule has 1 aliphatic heterocycles. The van der Waals surface area contributed by atoms with Crippen molar-refractivity contribution in [2.45, 2.75) is 26.5 Å². The third kappa shape index (κ3) is 1.51. The average molecular weight is 222 g/mol. The molecule has 0 aromatic carbocycles. The fraction of sp³-hybridized carbons (Fsp3) is 0.500. The molecule has 1 aromatic rings. The first-order valence-corrected chi connectivity index (χ1v) is 5.07. The molecule has 0 radical (unpaired) electrons. The number of rotatable bonds is 2. The van der Waals surface area contributed by atoms with Gasteiger partial charge in [-0.2, -0.15) is 5.06 Å². The average Bonchev–Trinajstić information content (AvgIpc) is 2.59. The molecule has 2 rings (SSSR count). The predicted octanol–water partition coefficient (Wildman–Crippen LogP) is 1.23. The van der Waals surface area contributed by atoms with E-state index in [4.69, 9.17) is 4.84 Å². The summed E-state index contributed by atoms with van der Waals surface area (Å²) < 4.78 is 0. The molecule has 1 unspecified atom stereocenters. The quantitative estimate of drug-likeness (QED) is 0.815. The zero-order chi connectivity index (χ0) is 11.8. The number of amidine groups is 1. The molecule has 0 bridgehead atoms. The van der Waals surface area contributed by atoms with Crippen LogP contribution in [0.5, 0.6) is 0 Å². The van der Waals surface area contributed by atoms with Crippen LogP contribution >= 0.6 is 0 Å². The van der Waals surface area contributed by atoms with Gasteiger partial charge in [-0.3, -0.25) is 10.2 Å². The number of nitrogens with zero attached hydrogens (tertiary/aromatic N) is 4. The number of oxime groups is 1. The summed E-state index contributed by atoms with van der Waals surface area (Å²) in [5.74, 6) is 0.361. The van der Waals surface area contributed by atoms with E-state index in [1.165, 1.54) is 12.4 Å². The minimum absolute atomic E-state index is 0.0791. The Bertz CT molecular complexity index is 407. The van der Waals surface area contributed by atoms with Crippen molar-refractivity contribution in [1.29, 1.82) is 0 Å². The van der Waals surface area contributed by atoms with Gasteiger partial charge < -0.3 is 4.84 Å². The Morgan fingerprint density at radius 3 is 2.69 bits per heavy atom. The van der Waals surface area contributed by atoms with Gasteiger partial charge in [0.15, 0.2) is 0 Å². The van der Waals surface area contributed by atoms with E-state index in [9.17, 15) is 5.21 Å². The summed E-state index contributed by atoms with van der Waals surface area (Å²) in [6.07, 6.45) is 4.62. The van der Waals surface area contributed by atoms with Crippen LogP contribution in [0.1, 0.15) is 26.5 Å². The minimum atomic E-state index is -0.854. The first-order chi connectivity index (χ1) is 7.55. The maximum absolute atomic E-state index is 10.0. The fourth-order valence-electron chi connectivity index (χ4n) is 1.34. The Morgan fingerprint density at radius 2 is 2.19 bits per heavy atom. The van der Waals surface area contributed by atoms with Gasteiger partial charge in [0.1, 0.15) is 5.69 Å². The summed E-state index contributed by atoms with van der Waals surface area (Å²) in [6, 6.07) is 0. The number of hydroxylamine groups is 2. The third-order valence-corrected chi connectivity index (χ3v) is 2.80. The molecule has 86 valence electrons. The molecule has 6 heteroatoms. The summed E-state index contributed by atoms with van der Waals surface area (Å²) in [5.41, 5.74) is -0.373. The first-order valence-electron chi connectivity index (χ1n) is 5.07. The smallest absolute Gasteiger partial charge is 0.233 e. The molecule has 2 heterocycles. The highest BCUT2D eigenvalue weighted by Gasteiger charge is 2.45. The van der Waals surface area contributed by atoms with Crippen LogP contribution in [0.3, 0.4) is 0 Å². The maximum Gasteiger partial charge on any atom is 0.233 e. The fourth-order valence-corrected chi connectivity index (χ4v) is 1.34. The summed E-state index contributed by atoms with van der Waals surface area (Å²) in [4.78, 5) is 13.3. The Kier molecular flexibility index (Phi) is 2.51. The highest BCUT2D eigenvalue weighted by molar-refractivity contribution is 5.96. The molecule has 0 saturated carbocycles. The molecule has 0 saturated heterocycles. The molecule has 1 aliphatic rings. The van der Waals surface area contributed by atoms with Crippen molar-refractivity contribution >= 4 is 5.84 Å². The van der Waals surface area contributed by atoms with Crippen LogP contribution in [0.4, 0.5) is 0 Å². The van der Waals surface area contributed by atoms with Crippen LogP contribution in [0.15, 0.2) is 23.7 Å². The van der Waals surface area contributed by atoms with Crippen LogP contribution in [0.2, 0.25) is 0 Å². The Hall–Kier alpha value is -1.69. The van der Waals surface area contributed by atoms with Crippen LogP contribution in [0, 0.1) is 5.92 Å². The Labute approximate surface area is 93.5 Å². The van der Waals surface area contributed by atoms with Crippen LogP contribution in [0.25, 0.3) is 0 Å². The molecule has 1 aromatic heterocycles. The standard InChI is InChI=1S/C10H14N4O2/c1-7(2)10(3)14(15)9(13-16-10)8-6-11-4-5-12-8/h4-7,15H,1-3H3. The normalized spacial score (nSPS) is 24.6. The van der Waals surface area contributed by atoms with Crippen LogP contribution < -0.4 is 0 Å². The Morgan fingerprint density at radius 1 is 1.44 bits per heavy atom. The third-order valence-electron chi connectivity index (χ3n) is 2.80. The van der Waals surface area contributed by atoms with Gasteiger partial charge in [0.05, 0.1) is 6.20 Å². The lowest BCUT2D eigenvalue weighted by molar-refractivity contribution is -0.225. The number of hydrogen-bond donors (Lipinski definition) is 1. The van der Waals surface area contributed by atoms with E-state index in [0.717, 1.165) is 5.06 Å². The summed E-state index contributed by atoms with van der Waals surface area (Å²) in [7, 11) is 0. The minimum Gasteiger partial charge on any atom is -0.363 e. The predicted molar refractivity (Wildman–Crippen MR) is 56.5 cm³/mol. The van der Waals surface area contributed by atoms with E-state index < -0.39 is 5.72 Å². The molecule has 1 N–H and O–H groups in total. The van der Waals surface area contributed by atoms with Gasteiger partial charge in [0.2, 0.25) is 11.6 Å². The van der Waals surface area contributed by atoms with E-state index in [1.807, 2.05) is 13.8 Å². The van der Waals surface area contributed by atoms with E-state index in [1.54, 1.807) is 13.1 Å². The van der Waals surface area contributed by atoms with Crippen molar-refractivity contribution in [2.24, 2.45) is 11.1 Å². The zero-order valence-electron chi connectivity index (χ0n) is 9.45. The molecule has 0 spiro atoms. The highest BCUT2D eigenvalue weighted by Crippen LogP contribution is 2.31. The summed E-state index contributed by atoms with van der Waals surface area (Å²) in [5, 5.41) is 14.9. The molecule has 0 aliphatic carbocycles. The molecule has 1 atom stereocenters. The number of aromatic nitrogens is 2. The van der Waals surface area contributed by atoms with Crippen molar-refractivity contribution in [3.63, 3.8) is 0 Å². The summed E-state index contributed by atoms with van der Waals surface area (Å²) in [6.45, 7) is 5.65. The topological polar surface area (TPSA) is 70.8 Å². The molecule has 0 amide bonds. The second kappa shape index (κ2) is 3.71. The molecular formula is C10H14N4O2. The van der Waals surface area contributed by atoms with Crippen molar-refractivity contribution in [1.82, 2.24) is 15.0 Å². The second-order valence-corrected chi connectivity index (χ2v) is 4.12. The lowest BCUT2D eigenvalue weighted by Crippen LogP contribution is -2.48. The number of hydrogen-bond acceptors (Lipinski definition) is 6. The lowest BCUT2D eigenvalue weighted by atomic mass is 10.0. The SMILES string of the molecule is CC(C)C1(C)ON=C(c2cnccn2)N1O. The van der Waals surface area contributed by atoms with E-state index in [0.29, 0.717) is 5.69 Å². The summed E-state index contributed by atoms with van der Waals surface area (Å²) >= 11 is 0. The molecule has 16 heavy (non-hydrogen) atoms. The van der Waals surface area contributed by atoms with E-state index in [2.05, 4.69) is 15.1 Å². The second-order valence-electron chi connectivity index (χ2n) is 4.12. The van der Waals surface area contributed by atoms with Gasteiger partial charge in [0.25, 0.3) is 0 Å². The van der Waals surface area contributed by atoms with E-state index in [-0.39, 0.29) is 11.8 Å². The zero-order valence-corrected chi connectivity index (χ0v) is 9.45. The molecule has 0 fully saturated rings. The maximum atomic E-state index is 10.0. The Balaban J connectivity index is 2.29. The van der Waals surface area contributed by atoms with Gasteiger partial charge in [-0.15, -0.1) is 0 Å². The molecule has 6 nitrogen and oxygen atoms in total.